The van der Waals surface area contributed by atoms with Gasteiger partial charge in [-0.2, -0.15) is 0 Å². The summed E-state index contributed by atoms with van der Waals surface area (Å²) in [6.45, 7) is 8.29. The Bertz CT molecular complexity index is 1040. The first-order chi connectivity index (χ1) is 15.7. The van der Waals surface area contributed by atoms with Gasteiger partial charge in [0.1, 0.15) is 6.04 Å². The summed E-state index contributed by atoms with van der Waals surface area (Å²) in [5.74, 6) is -0.202. The molecule has 2 amide bonds. The molecule has 4 heteroatoms. The average molecular weight is 443 g/mol. The zero-order valence-corrected chi connectivity index (χ0v) is 20.0. The molecule has 3 rings (SSSR count). The van der Waals surface area contributed by atoms with E-state index >= 15 is 0 Å². The maximum Gasteiger partial charge on any atom is 0.243 e. The first-order valence-corrected chi connectivity index (χ1v) is 11.5. The predicted molar refractivity (Wildman–Crippen MR) is 134 cm³/mol. The third kappa shape index (κ3) is 7.60. The zero-order chi connectivity index (χ0) is 23.8. The van der Waals surface area contributed by atoms with Crippen LogP contribution in [0.5, 0.6) is 0 Å². The van der Waals surface area contributed by atoms with E-state index in [2.05, 4.69) is 5.32 Å². The van der Waals surface area contributed by atoms with Crippen LogP contribution in [0.1, 0.15) is 43.0 Å². The van der Waals surface area contributed by atoms with Crippen LogP contribution in [0.3, 0.4) is 0 Å². The van der Waals surface area contributed by atoms with Gasteiger partial charge in [0.2, 0.25) is 11.8 Å². The van der Waals surface area contributed by atoms with Gasteiger partial charge in [-0.3, -0.25) is 9.59 Å². The summed E-state index contributed by atoms with van der Waals surface area (Å²) in [4.78, 5) is 28.9. The van der Waals surface area contributed by atoms with Crippen LogP contribution in [-0.2, 0) is 29.0 Å². The molecule has 0 bridgehead atoms. The zero-order valence-electron chi connectivity index (χ0n) is 20.0. The van der Waals surface area contributed by atoms with E-state index in [1.165, 1.54) is 0 Å². The molecule has 3 aromatic rings. The van der Waals surface area contributed by atoms with Crippen molar-refractivity contribution in [3.8, 4) is 0 Å². The Labute approximate surface area is 197 Å². The summed E-state index contributed by atoms with van der Waals surface area (Å²) in [5.41, 5.74) is 3.72. The monoisotopic (exact) mass is 442 g/mol. The molecule has 0 radical (unpaired) electrons. The molecule has 0 aliphatic rings. The highest BCUT2D eigenvalue weighted by Crippen LogP contribution is 2.18. The molecule has 0 fully saturated rings. The highest BCUT2D eigenvalue weighted by molar-refractivity contribution is 5.89. The lowest BCUT2D eigenvalue weighted by Crippen LogP contribution is -2.54. The van der Waals surface area contributed by atoms with Crippen LogP contribution in [0.15, 0.2) is 84.9 Å². The molecule has 4 nitrogen and oxygen atoms in total. The van der Waals surface area contributed by atoms with E-state index in [1.807, 2.05) is 113 Å². The second-order valence-electron chi connectivity index (χ2n) is 9.61. The quantitative estimate of drug-likeness (QED) is 0.528. The number of benzene rings is 3. The van der Waals surface area contributed by atoms with E-state index in [1.54, 1.807) is 4.90 Å². The predicted octanol–water partition coefficient (Wildman–Crippen LogP) is 5.09. The summed E-state index contributed by atoms with van der Waals surface area (Å²) in [7, 11) is 0. The molecular formula is C29H34N2O2. The third-order valence-corrected chi connectivity index (χ3v) is 5.44. The number of hydrogen-bond donors (Lipinski definition) is 1. The molecule has 0 aliphatic heterocycles. The Kier molecular flexibility index (Phi) is 8.05. The van der Waals surface area contributed by atoms with Crippen molar-refractivity contribution < 1.29 is 9.59 Å². The molecule has 1 atom stereocenters. The second kappa shape index (κ2) is 11.0. The van der Waals surface area contributed by atoms with Crippen molar-refractivity contribution >= 4 is 11.8 Å². The number of carbonyl (C=O) groups is 2. The largest absolute Gasteiger partial charge is 0.350 e. The van der Waals surface area contributed by atoms with Gasteiger partial charge in [0.05, 0.1) is 6.42 Å². The minimum atomic E-state index is -0.621. The Balaban J connectivity index is 1.97. The molecule has 0 saturated heterocycles. The van der Waals surface area contributed by atoms with Crippen molar-refractivity contribution in [1.82, 2.24) is 10.2 Å². The second-order valence-corrected chi connectivity index (χ2v) is 9.61. The van der Waals surface area contributed by atoms with Gasteiger partial charge >= 0.3 is 0 Å². The van der Waals surface area contributed by atoms with E-state index in [0.29, 0.717) is 13.0 Å². The molecule has 33 heavy (non-hydrogen) atoms. The van der Waals surface area contributed by atoms with Crippen LogP contribution in [0.4, 0.5) is 0 Å². The van der Waals surface area contributed by atoms with E-state index in [4.69, 9.17) is 0 Å². The fraction of sp³-hybridized carbons (Fsp3) is 0.310. The number of amides is 2. The Morgan fingerprint density at radius 2 is 1.33 bits per heavy atom. The van der Waals surface area contributed by atoms with Gasteiger partial charge in [-0.15, -0.1) is 0 Å². The molecule has 0 saturated carbocycles. The first-order valence-electron chi connectivity index (χ1n) is 11.5. The number of aryl methyl sites for hydroxylation is 1. The molecule has 0 aromatic heterocycles. The minimum absolute atomic E-state index is 0.0632. The third-order valence-electron chi connectivity index (χ3n) is 5.44. The summed E-state index contributed by atoms with van der Waals surface area (Å²) in [6, 6.07) is 27.1. The van der Waals surface area contributed by atoms with E-state index in [9.17, 15) is 9.59 Å². The van der Waals surface area contributed by atoms with Crippen molar-refractivity contribution in [3.63, 3.8) is 0 Å². The minimum Gasteiger partial charge on any atom is -0.350 e. The van der Waals surface area contributed by atoms with Crippen LogP contribution < -0.4 is 5.32 Å². The van der Waals surface area contributed by atoms with Crippen LogP contribution in [0, 0.1) is 6.92 Å². The number of nitrogens with zero attached hydrogens (tertiary/aromatic N) is 1. The number of rotatable bonds is 8. The average Bonchev–Trinajstić information content (AvgIpc) is 2.77. The molecular weight excluding hydrogens is 408 g/mol. The van der Waals surface area contributed by atoms with Crippen molar-refractivity contribution in [2.45, 2.75) is 58.7 Å². The Hall–Kier alpha value is -3.40. The first kappa shape index (κ1) is 24.2. The maximum atomic E-state index is 13.6. The van der Waals surface area contributed by atoms with Crippen LogP contribution >= 0.6 is 0 Å². The van der Waals surface area contributed by atoms with Gasteiger partial charge in [-0.25, -0.2) is 0 Å². The maximum absolute atomic E-state index is 13.6. The number of carbonyl (C=O) groups excluding carboxylic acids is 2. The van der Waals surface area contributed by atoms with Gasteiger partial charge in [0, 0.05) is 18.5 Å². The van der Waals surface area contributed by atoms with Crippen molar-refractivity contribution in [1.29, 1.82) is 0 Å². The number of nitrogens with one attached hydrogen (secondary N) is 1. The molecule has 1 N–H and O–H groups in total. The van der Waals surface area contributed by atoms with Gasteiger partial charge < -0.3 is 10.2 Å². The normalized spacial score (nSPS) is 12.1. The van der Waals surface area contributed by atoms with E-state index in [-0.39, 0.29) is 18.2 Å². The highest BCUT2D eigenvalue weighted by Gasteiger charge is 2.32. The Morgan fingerprint density at radius 1 is 0.788 bits per heavy atom. The SMILES string of the molecule is Cc1ccc(CN(C(=O)Cc2ccccc2)[C@H](Cc2ccccc2)C(=O)NC(C)(C)C)cc1. The highest BCUT2D eigenvalue weighted by atomic mass is 16.2. The smallest absolute Gasteiger partial charge is 0.243 e. The van der Waals surface area contributed by atoms with Crippen molar-refractivity contribution in [2.24, 2.45) is 0 Å². The molecule has 3 aromatic carbocycles. The molecule has 0 aliphatic carbocycles. The van der Waals surface area contributed by atoms with Crippen LogP contribution in [0.2, 0.25) is 0 Å². The molecule has 0 spiro atoms. The molecule has 0 unspecified atom stereocenters. The molecule has 0 heterocycles. The van der Waals surface area contributed by atoms with Crippen LogP contribution in [0.25, 0.3) is 0 Å². The fourth-order valence-corrected chi connectivity index (χ4v) is 3.77. The summed E-state index contributed by atoms with van der Waals surface area (Å²) in [6.07, 6.45) is 0.704. The van der Waals surface area contributed by atoms with Gasteiger partial charge in [-0.05, 0) is 44.4 Å². The van der Waals surface area contributed by atoms with Gasteiger partial charge in [0.15, 0.2) is 0 Å². The summed E-state index contributed by atoms with van der Waals surface area (Å²) in [5, 5.41) is 3.10. The van der Waals surface area contributed by atoms with Crippen molar-refractivity contribution in [2.75, 3.05) is 0 Å². The lowest BCUT2D eigenvalue weighted by molar-refractivity contribution is -0.141. The van der Waals surface area contributed by atoms with Gasteiger partial charge in [-0.1, -0.05) is 90.5 Å². The molecule has 172 valence electrons. The van der Waals surface area contributed by atoms with Gasteiger partial charge in [0.25, 0.3) is 0 Å². The van der Waals surface area contributed by atoms with E-state index < -0.39 is 11.6 Å². The fourth-order valence-electron chi connectivity index (χ4n) is 3.77. The van der Waals surface area contributed by atoms with Crippen molar-refractivity contribution in [3.05, 3.63) is 107 Å². The summed E-state index contributed by atoms with van der Waals surface area (Å²) >= 11 is 0. The Morgan fingerprint density at radius 3 is 1.88 bits per heavy atom. The number of hydrogen-bond acceptors (Lipinski definition) is 2. The topological polar surface area (TPSA) is 49.4 Å². The van der Waals surface area contributed by atoms with Crippen LogP contribution in [-0.4, -0.2) is 28.3 Å². The standard InChI is InChI=1S/C29H34N2O2/c1-22-15-17-25(18-16-22)21-31(27(32)20-24-13-9-6-10-14-24)26(28(33)30-29(2,3)4)19-23-11-7-5-8-12-23/h5-18,26H,19-21H2,1-4H3,(H,30,33)/t26-/m1/s1. The lowest BCUT2D eigenvalue weighted by atomic mass is 9.99. The summed E-state index contributed by atoms with van der Waals surface area (Å²) < 4.78 is 0. The van der Waals surface area contributed by atoms with E-state index in [0.717, 1.165) is 22.3 Å². The lowest BCUT2D eigenvalue weighted by Gasteiger charge is -2.34.